The van der Waals surface area contributed by atoms with Crippen LogP contribution in [0.3, 0.4) is 0 Å². The van der Waals surface area contributed by atoms with Crippen molar-refractivity contribution in [2.45, 2.75) is 6.10 Å². The molecule has 0 amide bonds. The fraction of sp³-hybridized carbons (Fsp3) is 0.200. The summed E-state index contributed by atoms with van der Waals surface area (Å²) >= 11 is 3.40. The second-order valence-corrected chi connectivity index (χ2v) is 4.06. The Balaban J connectivity index is 2.41. The number of hydrogen-bond donors (Lipinski definition) is 1. The SMILES string of the molecule is Cn1nncc1C(O)c1ccccc1Br. The van der Waals surface area contributed by atoms with E-state index in [2.05, 4.69) is 26.2 Å². The number of aliphatic hydroxyl groups is 1. The zero-order valence-corrected chi connectivity index (χ0v) is 9.72. The minimum absolute atomic E-state index is 0.668. The third-order valence-corrected chi connectivity index (χ3v) is 2.95. The lowest BCUT2D eigenvalue weighted by molar-refractivity contribution is 0.209. The first-order valence-corrected chi connectivity index (χ1v) is 5.26. The Hall–Kier alpha value is -1.20. The number of benzene rings is 1. The van der Waals surface area contributed by atoms with E-state index >= 15 is 0 Å². The summed E-state index contributed by atoms with van der Waals surface area (Å²) in [7, 11) is 1.75. The highest BCUT2D eigenvalue weighted by Gasteiger charge is 2.16. The van der Waals surface area contributed by atoms with Crippen LogP contribution in [0.1, 0.15) is 17.4 Å². The average Bonchev–Trinajstić information content (AvgIpc) is 2.64. The third-order valence-electron chi connectivity index (χ3n) is 2.23. The largest absolute Gasteiger partial charge is 0.382 e. The van der Waals surface area contributed by atoms with E-state index < -0.39 is 6.10 Å². The smallest absolute Gasteiger partial charge is 0.123 e. The van der Waals surface area contributed by atoms with Gasteiger partial charge in [0.15, 0.2) is 0 Å². The maximum atomic E-state index is 10.1. The molecular formula is C10H10BrN3O. The van der Waals surface area contributed by atoms with Crippen LogP contribution in [0.15, 0.2) is 34.9 Å². The molecule has 0 fully saturated rings. The van der Waals surface area contributed by atoms with Crippen LogP contribution in [0, 0.1) is 0 Å². The highest BCUT2D eigenvalue weighted by atomic mass is 79.9. The summed E-state index contributed by atoms with van der Waals surface area (Å²) in [6.45, 7) is 0. The van der Waals surface area contributed by atoms with Gasteiger partial charge in [-0.1, -0.05) is 39.3 Å². The first kappa shape index (κ1) is 10.3. The number of aliphatic hydroxyl groups excluding tert-OH is 1. The van der Waals surface area contributed by atoms with Crippen LogP contribution in [0.4, 0.5) is 0 Å². The van der Waals surface area contributed by atoms with Gasteiger partial charge in [-0.15, -0.1) is 5.10 Å². The van der Waals surface area contributed by atoms with Crippen LogP contribution in [0.5, 0.6) is 0 Å². The standard InChI is InChI=1S/C10H10BrN3O/c1-14-9(6-12-13-14)10(15)7-4-2-3-5-8(7)11/h2-6,10,15H,1H3. The van der Waals surface area contributed by atoms with E-state index in [1.54, 1.807) is 17.9 Å². The minimum Gasteiger partial charge on any atom is -0.382 e. The molecule has 78 valence electrons. The summed E-state index contributed by atoms with van der Waals surface area (Å²) in [6, 6.07) is 7.54. The lowest BCUT2D eigenvalue weighted by Gasteiger charge is -2.11. The lowest BCUT2D eigenvalue weighted by atomic mass is 10.1. The van der Waals surface area contributed by atoms with Crippen molar-refractivity contribution in [2.24, 2.45) is 7.05 Å². The molecule has 0 aliphatic rings. The van der Waals surface area contributed by atoms with Crippen molar-refractivity contribution >= 4 is 15.9 Å². The number of hydrogen-bond acceptors (Lipinski definition) is 3. The lowest BCUT2D eigenvalue weighted by Crippen LogP contribution is -2.07. The van der Waals surface area contributed by atoms with Crippen molar-refractivity contribution in [2.75, 3.05) is 0 Å². The fourth-order valence-corrected chi connectivity index (χ4v) is 1.90. The van der Waals surface area contributed by atoms with Gasteiger partial charge in [0.25, 0.3) is 0 Å². The Kier molecular flexibility index (Phi) is 2.83. The van der Waals surface area contributed by atoms with Crippen molar-refractivity contribution in [1.82, 2.24) is 15.0 Å². The van der Waals surface area contributed by atoms with Crippen LogP contribution >= 0.6 is 15.9 Å². The van der Waals surface area contributed by atoms with Crippen molar-refractivity contribution in [3.63, 3.8) is 0 Å². The molecule has 0 radical (unpaired) electrons. The van der Waals surface area contributed by atoms with Gasteiger partial charge in [-0.05, 0) is 6.07 Å². The van der Waals surface area contributed by atoms with Crippen molar-refractivity contribution in [1.29, 1.82) is 0 Å². The van der Waals surface area contributed by atoms with Gasteiger partial charge >= 0.3 is 0 Å². The van der Waals surface area contributed by atoms with Crippen molar-refractivity contribution in [3.05, 3.63) is 46.2 Å². The summed E-state index contributed by atoms with van der Waals surface area (Å²) in [5.41, 5.74) is 1.48. The summed E-state index contributed by atoms with van der Waals surface area (Å²) in [4.78, 5) is 0. The molecule has 1 aromatic carbocycles. The molecule has 1 N–H and O–H groups in total. The molecule has 0 aliphatic heterocycles. The molecule has 15 heavy (non-hydrogen) atoms. The second kappa shape index (κ2) is 4.12. The number of aromatic nitrogens is 3. The predicted molar refractivity (Wildman–Crippen MR) is 59.2 cm³/mol. The first-order chi connectivity index (χ1) is 7.20. The molecule has 0 aliphatic carbocycles. The molecule has 4 nitrogen and oxygen atoms in total. The molecule has 0 spiro atoms. The van der Waals surface area contributed by atoms with E-state index in [9.17, 15) is 5.11 Å². The van der Waals surface area contributed by atoms with Gasteiger partial charge in [-0.3, -0.25) is 0 Å². The molecular weight excluding hydrogens is 258 g/mol. The van der Waals surface area contributed by atoms with E-state index in [0.29, 0.717) is 5.69 Å². The van der Waals surface area contributed by atoms with E-state index in [0.717, 1.165) is 10.0 Å². The highest BCUT2D eigenvalue weighted by Crippen LogP contribution is 2.27. The number of aryl methyl sites for hydroxylation is 1. The molecule has 1 atom stereocenters. The monoisotopic (exact) mass is 267 g/mol. The summed E-state index contributed by atoms with van der Waals surface area (Å²) in [6.07, 6.45) is 0.852. The molecule has 2 rings (SSSR count). The molecule has 0 saturated heterocycles. The zero-order valence-electron chi connectivity index (χ0n) is 8.13. The topological polar surface area (TPSA) is 50.9 Å². The Morgan fingerprint density at radius 2 is 2.13 bits per heavy atom. The quantitative estimate of drug-likeness (QED) is 0.901. The van der Waals surface area contributed by atoms with E-state index in [1.807, 2.05) is 24.3 Å². The number of rotatable bonds is 2. The molecule has 5 heteroatoms. The van der Waals surface area contributed by atoms with E-state index in [-0.39, 0.29) is 0 Å². The third kappa shape index (κ3) is 1.93. The van der Waals surface area contributed by atoms with Gasteiger partial charge in [0.05, 0.1) is 11.9 Å². The van der Waals surface area contributed by atoms with Gasteiger partial charge < -0.3 is 5.11 Å². The van der Waals surface area contributed by atoms with Gasteiger partial charge in [0.1, 0.15) is 6.10 Å². The first-order valence-electron chi connectivity index (χ1n) is 4.47. The second-order valence-electron chi connectivity index (χ2n) is 3.21. The predicted octanol–water partition coefficient (Wildman–Crippen LogP) is 1.66. The Morgan fingerprint density at radius 3 is 2.73 bits per heavy atom. The van der Waals surface area contributed by atoms with Crippen molar-refractivity contribution in [3.8, 4) is 0 Å². The molecule has 1 aromatic heterocycles. The van der Waals surface area contributed by atoms with E-state index in [4.69, 9.17) is 0 Å². The molecule has 0 bridgehead atoms. The highest BCUT2D eigenvalue weighted by molar-refractivity contribution is 9.10. The van der Waals surface area contributed by atoms with Gasteiger partial charge in [-0.2, -0.15) is 0 Å². The zero-order chi connectivity index (χ0) is 10.8. The van der Waals surface area contributed by atoms with Crippen LogP contribution in [0.25, 0.3) is 0 Å². The van der Waals surface area contributed by atoms with Crippen LogP contribution in [0.2, 0.25) is 0 Å². The average molecular weight is 268 g/mol. The Morgan fingerprint density at radius 1 is 1.40 bits per heavy atom. The Bertz CT molecular complexity index is 469. The Labute approximate surface area is 95.7 Å². The fourth-order valence-electron chi connectivity index (χ4n) is 1.40. The van der Waals surface area contributed by atoms with Gasteiger partial charge in [-0.25, -0.2) is 4.68 Å². The van der Waals surface area contributed by atoms with Crippen molar-refractivity contribution < 1.29 is 5.11 Å². The van der Waals surface area contributed by atoms with Crippen LogP contribution < -0.4 is 0 Å². The maximum Gasteiger partial charge on any atom is 0.123 e. The molecule has 2 aromatic rings. The van der Waals surface area contributed by atoms with E-state index in [1.165, 1.54) is 0 Å². The maximum absolute atomic E-state index is 10.1. The summed E-state index contributed by atoms with van der Waals surface area (Å²) < 4.78 is 2.43. The van der Waals surface area contributed by atoms with Gasteiger partial charge in [0.2, 0.25) is 0 Å². The van der Waals surface area contributed by atoms with Gasteiger partial charge in [0, 0.05) is 17.1 Å². The number of nitrogens with zero attached hydrogens (tertiary/aromatic N) is 3. The summed E-state index contributed by atoms with van der Waals surface area (Å²) in [5.74, 6) is 0. The molecule has 1 heterocycles. The minimum atomic E-state index is -0.708. The van der Waals surface area contributed by atoms with Crippen LogP contribution in [-0.2, 0) is 7.05 Å². The summed E-state index contributed by atoms with van der Waals surface area (Å²) in [5, 5.41) is 17.6. The molecule has 0 saturated carbocycles. The molecule has 1 unspecified atom stereocenters. The van der Waals surface area contributed by atoms with Crippen LogP contribution in [-0.4, -0.2) is 20.1 Å². The number of halogens is 1. The normalized spacial score (nSPS) is 12.7.